The van der Waals surface area contributed by atoms with Crippen LogP contribution in [0.3, 0.4) is 0 Å². The van der Waals surface area contributed by atoms with Crippen molar-refractivity contribution < 1.29 is 19.3 Å². The van der Waals surface area contributed by atoms with Gasteiger partial charge in [-0.25, -0.2) is 4.79 Å². The highest BCUT2D eigenvalue weighted by Gasteiger charge is 2.25. The Labute approximate surface area is 105 Å². The summed E-state index contributed by atoms with van der Waals surface area (Å²) in [6, 6.07) is 0. The number of hydrogen-bond acceptors (Lipinski definition) is 7. The van der Waals surface area contributed by atoms with Crippen LogP contribution in [-0.4, -0.2) is 35.9 Å². The molecule has 0 spiro atoms. The monoisotopic (exact) mass is 267 g/mol. The van der Waals surface area contributed by atoms with Gasteiger partial charge in [-0.05, 0) is 0 Å². The van der Waals surface area contributed by atoms with Crippen molar-refractivity contribution >= 4 is 11.7 Å². The minimum Gasteiger partial charge on any atom is -0.476 e. The molecular weight excluding hydrogens is 258 g/mol. The molecule has 10 heteroatoms. The number of aromatic carboxylic acids is 1. The zero-order valence-corrected chi connectivity index (χ0v) is 9.81. The molecule has 0 amide bonds. The average molecular weight is 267 g/mol. The van der Waals surface area contributed by atoms with E-state index in [2.05, 4.69) is 15.2 Å². The lowest BCUT2D eigenvalue weighted by Crippen LogP contribution is -2.05. The third-order valence-corrected chi connectivity index (χ3v) is 2.26. The first-order chi connectivity index (χ1) is 9.01. The van der Waals surface area contributed by atoms with Gasteiger partial charge in [-0.2, -0.15) is 10.1 Å². The summed E-state index contributed by atoms with van der Waals surface area (Å²) in [5.74, 6) is -0.769. The molecule has 19 heavy (non-hydrogen) atoms. The van der Waals surface area contributed by atoms with E-state index in [0.717, 1.165) is 10.9 Å². The molecule has 0 unspecified atom stereocenters. The van der Waals surface area contributed by atoms with Gasteiger partial charge in [-0.15, -0.1) is 0 Å². The summed E-state index contributed by atoms with van der Waals surface area (Å²) in [4.78, 5) is 24.7. The second-order valence-corrected chi connectivity index (χ2v) is 3.58. The number of hydrogen-bond donors (Lipinski definition) is 1. The number of carboxylic acid groups (broad SMARTS) is 1. The van der Waals surface area contributed by atoms with Crippen molar-refractivity contribution in [1.29, 1.82) is 0 Å². The summed E-state index contributed by atoms with van der Waals surface area (Å²) in [5.41, 5.74) is -1.20. The van der Waals surface area contributed by atoms with Crippen LogP contribution < -0.4 is 0 Å². The largest absolute Gasteiger partial charge is 0.476 e. The summed E-state index contributed by atoms with van der Waals surface area (Å²) in [5, 5.41) is 26.7. The van der Waals surface area contributed by atoms with Crippen molar-refractivity contribution in [3.8, 4) is 0 Å². The highest BCUT2D eigenvalue weighted by Crippen LogP contribution is 2.17. The van der Waals surface area contributed by atoms with Gasteiger partial charge in [0.2, 0.25) is 11.6 Å². The summed E-state index contributed by atoms with van der Waals surface area (Å²) in [6.07, 6.45) is 1.58. The summed E-state index contributed by atoms with van der Waals surface area (Å²) in [7, 11) is 0. The lowest BCUT2D eigenvalue weighted by molar-refractivity contribution is -0.385. The number of nitro groups is 1. The molecule has 0 aliphatic carbocycles. The Bertz CT molecular complexity index is 599. The van der Waals surface area contributed by atoms with Crippen LogP contribution in [0.15, 0.2) is 10.7 Å². The van der Waals surface area contributed by atoms with E-state index in [0.29, 0.717) is 12.3 Å². The third kappa shape index (κ3) is 2.56. The van der Waals surface area contributed by atoms with Crippen molar-refractivity contribution in [3.05, 3.63) is 33.7 Å². The van der Waals surface area contributed by atoms with Crippen LogP contribution in [-0.2, 0) is 13.0 Å². The molecule has 10 nitrogen and oxygen atoms in total. The smallest absolute Gasteiger partial charge is 0.363 e. The molecule has 0 aliphatic heterocycles. The number of nitrogens with zero attached hydrogens (tertiary/aromatic N) is 5. The standard InChI is InChI=1S/C9H9N5O5/c1-2-7-10-6(12-19-7)4-13-3-5(14(17)18)8(11-13)9(15)16/h3H,2,4H2,1H3,(H,15,16). The molecule has 0 saturated carbocycles. The first-order valence-corrected chi connectivity index (χ1v) is 5.27. The molecule has 2 heterocycles. The second-order valence-electron chi connectivity index (χ2n) is 3.58. The summed E-state index contributed by atoms with van der Waals surface area (Å²) in [6.45, 7) is 1.83. The SMILES string of the molecule is CCc1nc(Cn2cc([N+](=O)[O-])c(C(=O)O)n2)no1. The Morgan fingerprint density at radius 1 is 1.63 bits per heavy atom. The number of aryl methyl sites for hydroxylation is 1. The zero-order chi connectivity index (χ0) is 14.0. The molecule has 0 bridgehead atoms. The van der Waals surface area contributed by atoms with Gasteiger partial charge in [0.05, 0.1) is 4.92 Å². The summed E-state index contributed by atoms with van der Waals surface area (Å²) >= 11 is 0. The molecule has 0 saturated heterocycles. The fourth-order valence-corrected chi connectivity index (χ4v) is 1.42. The van der Waals surface area contributed by atoms with Gasteiger partial charge in [0, 0.05) is 6.42 Å². The van der Waals surface area contributed by atoms with E-state index >= 15 is 0 Å². The molecule has 0 aliphatic rings. The normalized spacial score (nSPS) is 10.6. The van der Waals surface area contributed by atoms with Crippen molar-refractivity contribution in [1.82, 2.24) is 19.9 Å². The predicted octanol–water partition coefficient (Wildman–Crippen LogP) is 0.483. The Morgan fingerprint density at radius 2 is 2.37 bits per heavy atom. The van der Waals surface area contributed by atoms with Gasteiger partial charge in [0.1, 0.15) is 12.7 Å². The van der Waals surface area contributed by atoms with E-state index in [9.17, 15) is 14.9 Å². The van der Waals surface area contributed by atoms with E-state index in [1.54, 1.807) is 0 Å². The van der Waals surface area contributed by atoms with Crippen LogP contribution in [0.4, 0.5) is 5.69 Å². The van der Waals surface area contributed by atoms with Crippen LogP contribution in [0.1, 0.15) is 29.1 Å². The van der Waals surface area contributed by atoms with Gasteiger partial charge < -0.3 is 9.63 Å². The van der Waals surface area contributed by atoms with Crippen molar-refractivity contribution in [3.63, 3.8) is 0 Å². The zero-order valence-electron chi connectivity index (χ0n) is 9.81. The Hall–Kier alpha value is -2.78. The third-order valence-electron chi connectivity index (χ3n) is 2.26. The maximum Gasteiger partial charge on any atom is 0.363 e. The first-order valence-electron chi connectivity index (χ1n) is 5.27. The van der Waals surface area contributed by atoms with Gasteiger partial charge in [0.15, 0.2) is 5.82 Å². The lowest BCUT2D eigenvalue weighted by Gasteiger charge is -1.92. The molecule has 0 atom stereocenters. The fourth-order valence-electron chi connectivity index (χ4n) is 1.42. The van der Waals surface area contributed by atoms with Gasteiger partial charge in [-0.3, -0.25) is 14.8 Å². The predicted molar refractivity (Wildman–Crippen MR) is 58.6 cm³/mol. The molecule has 2 aromatic rings. The quantitative estimate of drug-likeness (QED) is 0.609. The summed E-state index contributed by atoms with van der Waals surface area (Å²) < 4.78 is 5.95. The Balaban J connectivity index is 2.28. The fraction of sp³-hybridized carbons (Fsp3) is 0.333. The van der Waals surface area contributed by atoms with Crippen LogP contribution in [0.25, 0.3) is 0 Å². The van der Waals surface area contributed by atoms with E-state index in [1.807, 2.05) is 6.92 Å². The van der Waals surface area contributed by atoms with Crippen LogP contribution in [0, 0.1) is 10.1 Å². The molecular formula is C9H9N5O5. The first kappa shape index (κ1) is 12.7. The minimum atomic E-state index is -1.46. The number of rotatable bonds is 5. The van der Waals surface area contributed by atoms with Crippen LogP contribution in [0.5, 0.6) is 0 Å². The highest BCUT2D eigenvalue weighted by atomic mass is 16.6. The highest BCUT2D eigenvalue weighted by molar-refractivity contribution is 5.89. The number of aromatic nitrogens is 4. The average Bonchev–Trinajstić information content (AvgIpc) is 2.96. The number of carbonyl (C=O) groups is 1. The molecule has 2 rings (SSSR count). The Morgan fingerprint density at radius 3 is 2.84 bits per heavy atom. The minimum absolute atomic E-state index is 0.00236. The molecule has 2 aromatic heterocycles. The van der Waals surface area contributed by atoms with Gasteiger partial charge in [0.25, 0.3) is 0 Å². The second kappa shape index (κ2) is 4.84. The van der Waals surface area contributed by atoms with Crippen LogP contribution in [0.2, 0.25) is 0 Å². The topological polar surface area (TPSA) is 137 Å². The Kier molecular flexibility index (Phi) is 3.23. The van der Waals surface area contributed by atoms with E-state index < -0.39 is 22.3 Å². The maximum atomic E-state index is 10.8. The van der Waals surface area contributed by atoms with E-state index in [4.69, 9.17) is 9.63 Å². The van der Waals surface area contributed by atoms with Crippen molar-refractivity contribution in [2.75, 3.05) is 0 Å². The lowest BCUT2D eigenvalue weighted by atomic mass is 10.4. The van der Waals surface area contributed by atoms with Gasteiger partial charge >= 0.3 is 11.7 Å². The van der Waals surface area contributed by atoms with Crippen molar-refractivity contribution in [2.24, 2.45) is 0 Å². The molecule has 1 N–H and O–H groups in total. The van der Waals surface area contributed by atoms with E-state index in [1.165, 1.54) is 0 Å². The van der Waals surface area contributed by atoms with Crippen molar-refractivity contribution in [2.45, 2.75) is 19.9 Å². The van der Waals surface area contributed by atoms with E-state index in [-0.39, 0.29) is 12.4 Å². The van der Waals surface area contributed by atoms with Crippen LogP contribution >= 0.6 is 0 Å². The molecule has 0 fully saturated rings. The van der Waals surface area contributed by atoms with Gasteiger partial charge in [-0.1, -0.05) is 12.1 Å². The molecule has 100 valence electrons. The number of carboxylic acids is 1. The maximum absolute atomic E-state index is 10.8. The molecule has 0 radical (unpaired) electrons. The molecule has 0 aromatic carbocycles.